The van der Waals surface area contributed by atoms with E-state index in [-0.39, 0.29) is 12.1 Å². The quantitative estimate of drug-likeness (QED) is 0.711. The first-order valence-corrected chi connectivity index (χ1v) is 7.49. The van der Waals surface area contributed by atoms with Crippen LogP contribution in [0.25, 0.3) is 0 Å². The van der Waals surface area contributed by atoms with E-state index >= 15 is 0 Å². The predicted molar refractivity (Wildman–Crippen MR) is 75.5 cm³/mol. The molecule has 2 unspecified atom stereocenters. The fourth-order valence-electron chi connectivity index (χ4n) is 1.85. The predicted octanol–water partition coefficient (Wildman–Crippen LogP) is 4.04. The summed E-state index contributed by atoms with van der Waals surface area (Å²) in [5.41, 5.74) is 7.48. The Labute approximate surface area is 109 Å². The van der Waals surface area contributed by atoms with Crippen molar-refractivity contribution in [3.8, 4) is 0 Å². The van der Waals surface area contributed by atoms with Crippen molar-refractivity contribution < 1.29 is 4.74 Å². The van der Waals surface area contributed by atoms with E-state index < -0.39 is 0 Å². The van der Waals surface area contributed by atoms with Crippen molar-refractivity contribution >= 4 is 11.3 Å². The third-order valence-electron chi connectivity index (χ3n) is 3.07. The molecule has 0 saturated carbocycles. The second-order valence-electron chi connectivity index (χ2n) is 4.54. The summed E-state index contributed by atoms with van der Waals surface area (Å²) < 4.78 is 6.01. The second kappa shape index (κ2) is 7.85. The number of rotatable bonds is 8. The standard InChI is InChI=1S/C14H25NOS/c1-4-6-7-9-16-13(12(15)5-2)14-11(3)8-10-17-14/h8,10,12-13H,4-7,9,15H2,1-3H3. The number of ether oxygens (including phenoxy) is 1. The topological polar surface area (TPSA) is 35.2 Å². The first kappa shape index (κ1) is 14.7. The third-order valence-corrected chi connectivity index (χ3v) is 4.15. The molecule has 17 heavy (non-hydrogen) atoms. The molecule has 1 aromatic heterocycles. The lowest BCUT2D eigenvalue weighted by Crippen LogP contribution is -2.29. The van der Waals surface area contributed by atoms with E-state index in [9.17, 15) is 0 Å². The molecule has 2 N–H and O–H groups in total. The molecule has 3 heteroatoms. The summed E-state index contributed by atoms with van der Waals surface area (Å²) in [4.78, 5) is 1.30. The Bertz CT molecular complexity index is 311. The van der Waals surface area contributed by atoms with E-state index in [0.29, 0.717) is 0 Å². The van der Waals surface area contributed by atoms with Gasteiger partial charge in [0.2, 0.25) is 0 Å². The van der Waals surface area contributed by atoms with Gasteiger partial charge >= 0.3 is 0 Å². The van der Waals surface area contributed by atoms with Gasteiger partial charge in [0.1, 0.15) is 6.10 Å². The molecule has 1 rings (SSSR count). The van der Waals surface area contributed by atoms with Gasteiger partial charge in [-0.25, -0.2) is 0 Å². The maximum atomic E-state index is 6.17. The lowest BCUT2D eigenvalue weighted by Gasteiger charge is -2.23. The van der Waals surface area contributed by atoms with Crippen LogP contribution in [0.4, 0.5) is 0 Å². The highest BCUT2D eigenvalue weighted by atomic mass is 32.1. The first-order valence-electron chi connectivity index (χ1n) is 6.61. The summed E-state index contributed by atoms with van der Waals surface area (Å²) in [5.74, 6) is 0. The van der Waals surface area contributed by atoms with Crippen LogP contribution < -0.4 is 5.73 Å². The highest BCUT2D eigenvalue weighted by Crippen LogP contribution is 2.30. The van der Waals surface area contributed by atoms with Gasteiger partial charge in [0.05, 0.1) is 0 Å². The van der Waals surface area contributed by atoms with E-state index in [2.05, 4.69) is 32.2 Å². The molecular formula is C14H25NOS. The molecule has 0 saturated heterocycles. The Hall–Kier alpha value is -0.380. The minimum absolute atomic E-state index is 0.0804. The molecule has 2 atom stereocenters. The minimum Gasteiger partial charge on any atom is -0.371 e. The summed E-state index contributed by atoms with van der Waals surface area (Å²) in [5, 5.41) is 2.12. The maximum Gasteiger partial charge on any atom is 0.107 e. The summed E-state index contributed by atoms with van der Waals surface area (Å²) in [6.45, 7) is 7.29. The highest BCUT2D eigenvalue weighted by molar-refractivity contribution is 7.10. The zero-order chi connectivity index (χ0) is 12.7. The molecule has 0 amide bonds. The van der Waals surface area contributed by atoms with Crippen molar-refractivity contribution in [1.29, 1.82) is 0 Å². The van der Waals surface area contributed by atoms with E-state index in [0.717, 1.165) is 19.4 Å². The summed E-state index contributed by atoms with van der Waals surface area (Å²) in [6, 6.07) is 2.25. The molecule has 0 aromatic carbocycles. The van der Waals surface area contributed by atoms with Crippen molar-refractivity contribution in [2.45, 2.75) is 58.6 Å². The zero-order valence-corrected chi connectivity index (χ0v) is 12.1. The van der Waals surface area contributed by atoms with Crippen molar-refractivity contribution in [3.63, 3.8) is 0 Å². The first-order chi connectivity index (χ1) is 8.20. The normalized spacial score (nSPS) is 14.8. The molecule has 0 spiro atoms. The van der Waals surface area contributed by atoms with Crippen LogP contribution in [0.5, 0.6) is 0 Å². The molecule has 0 radical (unpaired) electrons. The zero-order valence-electron chi connectivity index (χ0n) is 11.2. The number of hydrogen-bond donors (Lipinski definition) is 1. The Morgan fingerprint density at radius 3 is 2.65 bits per heavy atom. The van der Waals surface area contributed by atoms with E-state index in [1.807, 2.05) is 0 Å². The van der Waals surface area contributed by atoms with Crippen LogP contribution in [0.1, 0.15) is 56.1 Å². The van der Waals surface area contributed by atoms with Gasteiger partial charge in [-0.2, -0.15) is 0 Å². The lowest BCUT2D eigenvalue weighted by atomic mass is 10.1. The molecule has 0 aliphatic heterocycles. The van der Waals surface area contributed by atoms with Crippen LogP contribution in [0.2, 0.25) is 0 Å². The second-order valence-corrected chi connectivity index (χ2v) is 5.49. The highest BCUT2D eigenvalue weighted by Gasteiger charge is 2.21. The van der Waals surface area contributed by atoms with Gasteiger partial charge in [-0.15, -0.1) is 11.3 Å². The van der Waals surface area contributed by atoms with Crippen LogP contribution in [-0.2, 0) is 4.74 Å². The van der Waals surface area contributed by atoms with Gasteiger partial charge in [0.25, 0.3) is 0 Å². The molecule has 1 aromatic rings. The molecule has 98 valence electrons. The SMILES string of the molecule is CCCCCOC(c1sccc1C)C(N)CC. The Morgan fingerprint density at radius 2 is 2.12 bits per heavy atom. The fourth-order valence-corrected chi connectivity index (χ4v) is 2.90. The lowest BCUT2D eigenvalue weighted by molar-refractivity contribution is 0.0333. The largest absolute Gasteiger partial charge is 0.371 e. The van der Waals surface area contributed by atoms with Crippen LogP contribution >= 0.6 is 11.3 Å². The minimum atomic E-state index is 0.0804. The Morgan fingerprint density at radius 1 is 1.35 bits per heavy atom. The number of hydrogen-bond acceptors (Lipinski definition) is 3. The van der Waals surface area contributed by atoms with Crippen LogP contribution in [0.15, 0.2) is 11.4 Å². The Balaban J connectivity index is 2.59. The van der Waals surface area contributed by atoms with E-state index in [1.54, 1.807) is 11.3 Å². The van der Waals surface area contributed by atoms with Crippen LogP contribution in [0, 0.1) is 6.92 Å². The molecule has 0 bridgehead atoms. The van der Waals surface area contributed by atoms with Crippen LogP contribution in [0.3, 0.4) is 0 Å². The molecule has 0 aliphatic carbocycles. The summed E-state index contributed by atoms with van der Waals surface area (Å²) in [7, 11) is 0. The number of nitrogens with two attached hydrogens (primary N) is 1. The van der Waals surface area contributed by atoms with Crippen LogP contribution in [-0.4, -0.2) is 12.6 Å². The molecule has 1 heterocycles. The van der Waals surface area contributed by atoms with Crippen molar-refractivity contribution in [2.75, 3.05) is 6.61 Å². The maximum absolute atomic E-state index is 6.17. The smallest absolute Gasteiger partial charge is 0.107 e. The van der Waals surface area contributed by atoms with Gasteiger partial charge in [0, 0.05) is 17.5 Å². The van der Waals surface area contributed by atoms with Gasteiger partial charge in [-0.1, -0.05) is 26.7 Å². The summed E-state index contributed by atoms with van der Waals surface area (Å²) >= 11 is 1.76. The van der Waals surface area contributed by atoms with Gasteiger partial charge < -0.3 is 10.5 Å². The number of unbranched alkanes of at least 4 members (excludes halogenated alkanes) is 2. The van der Waals surface area contributed by atoms with E-state index in [4.69, 9.17) is 10.5 Å². The van der Waals surface area contributed by atoms with Gasteiger partial charge in [-0.3, -0.25) is 0 Å². The molecule has 2 nitrogen and oxygen atoms in total. The summed E-state index contributed by atoms with van der Waals surface area (Å²) in [6.07, 6.45) is 4.63. The van der Waals surface area contributed by atoms with Crippen molar-refractivity contribution in [1.82, 2.24) is 0 Å². The molecular weight excluding hydrogens is 230 g/mol. The van der Waals surface area contributed by atoms with Gasteiger partial charge in [0.15, 0.2) is 0 Å². The molecule has 0 aliphatic rings. The monoisotopic (exact) mass is 255 g/mol. The van der Waals surface area contributed by atoms with Crippen molar-refractivity contribution in [3.05, 3.63) is 21.9 Å². The number of thiophene rings is 1. The molecule has 0 fully saturated rings. The fraction of sp³-hybridized carbons (Fsp3) is 0.714. The average molecular weight is 255 g/mol. The average Bonchev–Trinajstić information content (AvgIpc) is 2.75. The van der Waals surface area contributed by atoms with E-state index in [1.165, 1.54) is 23.3 Å². The van der Waals surface area contributed by atoms with Crippen molar-refractivity contribution in [2.24, 2.45) is 5.73 Å². The third kappa shape index (κ3) is 4.41. The Kier molecular flexibility index (Phi) is 6.78. The number of aryl methyl sites for hydroxylation is 1. The van der Waals surface area contributed by atoms with Gasteiger partial charge in [-0.05, 0) is 36.8 Å².